The van der Waals surface area contributed by atoms with Crippen molar-refractivity contribution in [3.63, 3.8) is 0 Å². The first-order valence-electron chi connectivity index (χ1n) is 10.8. The number of anilines is 1. The molecule has 34 heavy (non-hydrogen) atoms. The number of halogens is 2. The molecule has 0 unspecified atom stereocenters. The van der Waals surface area contributed by atoms with E-state index >= 15 is 0 Å². The zero-order valence-corrected chi connectivity index (χ0v) is 18.7. The lowest BCUT2D eigenvalue weighted by molar-refractivity contribution is 0.100. The lowest BCUT2D eigenvalue weighted by atomic mass is 10.1. The SMILES string of the molecule is CCc1nn(Cc2ccc(F)cc2)c(CC)c1NC(=O)c1cc(C(N)=O)c2ccc(F)cc2n1. The van der Waals surface area contributed by atoms with E-state index in [2.05, 4.69) is 15.4 Å². The minimum absolute atomic E-state index is 0.0673. The molecule has 7 nitrogen and oxygen atoms in total. The molecule has 0 spiro atoms. The Hall–Kier alpha value is -4.14. The molecule has 0 radical (unpaired) electrons. The van der Waals surface area contributed by atoms with Gasteiger partial charge >= 0.3 is 0 Å². The van der Waals surface area contributed by atoms with Gasteiger partial charge in [0, 0.05) is 11.5 Å². The molecule has 174 valence electrons. The number of nitrogens with zero attached hydrogens (tertiary/aromatic N) is 3. The minimum Gasteiger partial charge on any atom is -0.366 e. The van der Waals surface area contributed by atoms with Gasteiger partial charge in [-0.1, -0.05) is 26.0 Å². The number of hydrogen-bond donors (Lipinski definition) is 2. The smallest absolute Gasteiger partial charge is 0.274 e. The third kappa shape index (κ3) is 4.50. The van der Waals surface area contributed by atoms with Crippen LogP contribution in [0.15, 0.2) is 48.5 Å². The van der Waals surface area contributed by atoms with Crippen molar-refractivity contribution >= 4 is 28.4 Å². The number of hydrogen-bond acceptors (Lipinski definition) is 4. The van der Waals surface area contributed by atoms with Crippen LogP contribution in [0.3, 0.4) is 0 Å². The second-order valence-corrected chi connectivity index (χ2v) is 7.79. The molecule has 0 saturated heterocycles. The van der Waals surface area contributed by atoms with E-state index in [1.54, 1.807) is 16.8 Å². The summed E-state index contributed by atoms with van der Waals surface area (Å²) in [6, 6.07) is 11.2. The molecule has 0 atom stereocenters. The Balaban J connectivity index is 1.71. The molecule has 0 aliphatic rings. The predicted molar refractivity (Wildman–Crippen MR) is 125 cm³/mol. The van der Waals surface area contributed by atoms with Gasteiger partial charge < -0.3 is 11.1 Å². The van der Waals surface area contributed by atoms with Gasteiger partial charge in [-0.25, -0.2) is 13.8 Å². The van der Waals surface area contributed by atoms with Crippen LogP contribution in [0.4, 0.5) is 14.5 Å². The van der Waals surface area contributed by atoms with E-state index in [9.17, 15) is 18.4 Å². The Morgan fingerprint density at radius 3 is 2.35 bits per heavy atom. The van der Waals surface area contributed by atoms with Crippen molar-refractivity contribution < 1.29 is 18.4 Å². The summed E-state index contributed by atoms with van der Waals surface area (Å²) in [6.45, 7) is 4.27. The number of nitrogens with one attached hydrogen (secondary N) is 1. The largest absolute Gasteiger partial charge is 0.366 e. The highest BCUT2D eigenvalue weighted by molar-refractivity contribution is 6.10. The van der Waals surface area contributed by atoms with Crippen molar-refractivity contribution in [2.75, 3.05) is 5.32 Å². The topological polar surface area (TPSA) is 103 Å². The minimum atomic E-state index is -0.747. The average Bonchev–Trinajstić information content (AvgIpc) is 3.15. The number of amides is 2. The van der Waals surface area contributed by atoms with Crippen LogP contribution in [-0.4, -0.2) is 26.6 Å². The van der Waals surface area contributed by atoms with Crippen LogP contribution in [0.25, 0.3) is 10.9 Å². The van der Waals surface area contributed by atoms with Crippen LogP contribution < -0.4 is 11.1 Å². The summed E-state index contributed by atoms with van der Waals surface area (Å²) in [4.78, 5) is 29.4. The Bertz CT molecular complexity index is 1400. The van der Waals surface area contributed by atoms with Crippen molar-refractivity contribution in [2.24, 2.45) is 5.73 Å². The second-order valence-electron chi connectivity index (χ2n) is 7.79. The summed E-state index contributed by atoms with van der Waals surface area (Å²) in [5.74, 6) is -2.18. The van der Waals surface area contributed by atoms with Gasteiger partial charge in [0.15, 0.2) is 0 Å². The van der Waals surface area contributed by atoms with Crippen LogP contribution in [-0.2, 0) is 19.4 Å². The summed E-state index contributed by atoms with van der Waals surface area (Å²) in [5, 5.41) is 7.86. The summed E-state index contributed by atoms with van der Waals surface area (Å²) < 4.78 is 28.8. The van der Waals surface area contributed by atoms with Crippen molar-refractivity contribution in [1.29, 1.82) is 0 Å². The van der Waals surface area contributed by atoms with Crippen molar-refractivity contribution in [3.8, 4) is 0 Å². The predicted octanol–water partition coefficient (Wildman–Crippen LogP) is 4.23. The number of fused-ring (bicyclic) bond motifs is 1. The summed E-state index contributed by atoms with van der Waals surface area (Å²) >= 11 is 0. The fraction of sp³-hybridized carbons (Fsp3) is 0.200. The molecular formula is C25H23F2N5O2. The number of benzene rings is 2. The molecule has 0 bridgehead atoms. The lowest BCUT2D eigenvalue weighted by Crippen LogP contribution is -2.19. The van der Waals surface area contributed by atoms with Gasteiger partial charge in [0.05, 0.1) is 34.7 Å². The molecule has 4 aromatic rings. The molecule has 2 aromatic carbocycles. The monoisotopic (exact) mass is 463 g/mol. The Labute approximate surface area is 194 Å². The van der Waals surface area contributed by atoms with Crippen molar-refractivity contribution in [1.82, 2.24) is 14.8 Å². The number of primary amides is 1. The lowest BCUT2D eigenvalue weighted by Gasteiger charge is -2.11. The third-order valence-corrected chi connectivity index (χ3v) is 5.55. The summed E-state index contributed by atoms with van der Waals surface area (Å²) in [7, 11) is 0. The quantitative estimate of drug-likeness (QED) is 0.428. The highest BCUT2D eigenvalue weighted by Crippen LogP contribution is 2.25. The van der Waals surface area contributed by atoms with E-state index in [1.807, 2.05) is 13.8 Å². The van der Waals surface area contributed by atoms with Gasteiger partial charge in [-0.15, -0.1) is 0 Å². The van der Waals surface area contributed by atoms with Crippen LogP contribution in [0.5, 0.6) is 0 Å². The fourth-order valence-electron chi connectivity index (χ4n) is 3.90. The van der Waals surface area contributed by atoms with Crippen LogP contribution in [0.2, 0.25) is 0 Å². The molecule has 0 aliphatic heterocycles. The van der Waals surface area contributed by atoms with Gasteiger partial charge in [-0.3, -0.25) is 14.3 Å². The first-order valence-corrected chi connectivity index (χ1v) is 10.8. The number of aryl methyl sites for hydroxylation is 1. The fourth-order valence-corrected chi connectivity index (χ4v) is 3.90. The Morgan fingerprint density at radius 1 is 1.00 bits per heavy atom. The highest BCUT2D eigenvalue weighted by atomic mass is 19.1. The van der Waals surface area contributed by atoms with Crippen molar-refractivity contribution in [3.05, 3.63) is 88.4 Å². The number of carbonyl (C=O) groups excluding carboxylic acids is 2. The maximum absolute atomic E-state index is 13.8. The molecule has 2 heterocycles. The maximum Gasteiger partial charge on any atom is 0.274 e. The zero-order chi connectivity index (χ0) is 24.4. The van der Waals surface area contributed by atoms with E-state index in [4.69, 9.17) is 5.73 Å². The molecule has 0 fully saturated rings. The molecule has 2 amide bonds. The maximum atomic E-state index is 13.8. The van der Waals surface area contributed by atoms with Crippen LogP contribution in [0.1, 0.15) is 51.6 Å². The van der Waals surface area contributed by atoms with Gasteiger partial charge in [0.1, 0.15) is 17.3 Å². The highest BCUT2D eigenvalue weighted by Gasteiger charge is 2.21. The summed E-state index contributed by atoms with van der Waals surface area (Å²) in [5.41, 5.74) is 8.53. The molecule has 9 heteroatoms. The normalized spacial score (nSPS) is 11.1. The molecule has 0 saturated carbocycles. The van der Waals surface area contributed by atoms with E-state index in [0.717, 1.165) is 17.3 Å². The van der Waals surface area contributed by atoms with E-state index in [1.165, 1.54) is 30.3 Å². The number of aromatic nitrogens is 3. The van der Waals surface area contributed by atoms with Gasteiger partial charge in [0.25, 0.3) is 5.91 Å². The Morgan fingerprint density at radius 2 is 1.71 bits per heavy atom. The number of carbonyl (C=O) groups is 2. The molecule has 2 aromatic heterocycles. The van der Waals surface area contributed by atoms with E-state index in [-0.39, 0.29) is 22.6 Å². The van der Waals surface area contributed by atoms with Crippen molar-refractivity contribution in [2.45, 2.75) is 33.2 Å². The van der Waals surface area contributed by atoms with Gasteiger partial charge in [0.2, 0.25) is 5.91 Å². The van der Waals surface area contributed by atoms with Crippen LogP contribution >= 0.6 is 0 Å². The molecule has 4 rings (SSSR count). The first-order chi connectivity index (χ1) is 16.3. The molecule has 3 N–H and O–H groups in total. The molecule has 0 aliphatic carbocycles. The van der Waals surface area contributed by atoms with E-state index < -0.39 is 17.6 Å². The van der Waals surface area contributed by atoms with Gasteiger partial charge in [-0.2, -0.15) is 5.10 Å². The summed E-state index contributed by atoms with van der Waals surface area (Å²) in [6.07, 6.45) is 1.13. The standard InChI is InChI=1S/C25H23F2N5O2/c1-3-19-23(22(4-2)32(31-19)13-14-5-7-15(26)8-6-14)30-25(34)21-12-18(24(28)33)17-10-9-16(27)11-20(17)29-21/h5-12H,3-4,13H2,1-2H3,(H2,28,33)(H,30,34). The second kappa shape index (κ2) is 9.38. The Kier molecular flexibility index (Phi) is 6.36. The third-order valence-electron chi connectivity index (χ3n) is 5.55. The molecular weight excluding hydrogens is 440 g/mol. The zero-order valence-electron chi connectivity index (χ0n) is 18.7. The number of nitrogens with two attached hydrogens (primary N) is 1. The van der Waals surface area contributed by atoms with Crippen LogP contribution in [0, 0.1) is 11.6 Å². The number of rotatable bonds is 7. The number of pyridine rings is 1. The first kappa shape index (κ1) is 23.0. The van der Waals surface area contributed by atoms with Gasteiger partial charge in [-0.05, 0) is 48.7 Å². The average molecular weight is 463 g/mol. The van der Waals surface area contributed by atoms with E-state index in [0.29, 0.717) is 36.2 Å².